The number of nitrogens with one attached hydrogen (secondary N) is 1. The topological polar surface area (TPSA) is 59.9 Å². The van der Waals surface area contributed by atoms with E-state index < -0.39 is 0 Å². The fraction of sp³-hybridized carbons (Fsp3) is 0.0714. The highest BCUT2D eigenvalue weighted by Crippen LogP contribution is 2.23. The number of anilines is 1. The molecule has 0 saturated heterocycles. The third-order valence-corrected chi connectivity index (χ3v) is 2.70. The van der Waals surface area contributed by atoms with Gasteiger partial charge in [-0.3, -0.25) is 4.98 Å². The summed E-state index contributed by atoms with van der Waals surface area (Å²) in [4.78, 5) is 12.4. The van der Waals surface area contributed by atoms with E-state index in [-0.39, 0.29) is 0 Å². The number of nitrogens with zero attached hydrogens (tertiary/aromatic N) is 3. The second kappa shape index (κ2) is 4.89. The SMILES string of the molecule is CNc1cc(Oc2ccc3cccnc3c2)ncn1. The first-order chi connectivity index (χ1) is 9.35. The number of hydrogen-bond donors (Lipinski definition) is 1. The molecule has 0 atom stereocenters. The number of rotatable bonds is 3. The van der Waals surface area contributed by atoms with Crippen LogP contribution >= 0.6 is 0 Å². The molecule has 0 bridgehead atoms. The van der Waals surface area contributed by atoms with Crippen molar-refractivity contribution in [3.63, 3.8) is 0 Å². The van der Waals surface area contributed by atoms with E-state index in [1.165, 1.54) is 6.33 Å². The van der Waals surface area contributed by atoms with Crippen LogP contribution in [0.2, 0.25) is 0 Å². The van der Waals surface area contributed by atoms with Gasteiger partial charge in [-0.15, -0.1) is 0 Å². The van der Waals surface area contributed by atoms with Crippen LogP contribution in [0.4, 0.5) is 5.82 Å². The molecule has 0 aliphatic rings. The Balaban J connectivity index is 1.92. The Morgan fingerprint density at radius 2 is 2.00 bits per heavy atom. The molecule has 0 aliphatic carbocycles. The lowest BCUT2D eigenvalue weighted by Crippen LogP contribution is -1.95. The highest BCUT2D eigenvalue weighted by molar-refractivity contribution is 5.79. The minimum absolute atomic E-state index is 0.495. The van der Waals surface area contributed by atoms with Crippen LogP contribution in [0.5, 0.6) is 11.6 Å². The van der Waals surface area contributed by atoms with Crippen molar-refractivity contribution in [3.05, 3.63) is 48.9 Å². The molecule has 5 heteroatoms. The van der Waals surface area contributed by atoms with Gasteiger partial charge in [0.05, 0.1) is 5.52 Å². The summed E-state index contributed by atoms with van der Waals surface area (Å²) in [5.74, 6) is 1.91. The lowest BCUT2D eigenvalue weighted by molar-refractivity contribution is 0.462. The van der Waals surface area contributed by atoms with Crippen LogP contribution in [0.1, 0.15) is 0 Å². The van der Waals surface area contributed by atoms with E-state index >= 15 is 0 Å². The fourth-order valence-electron chi connectivity index (χ4n) is 1.76. The van der Waals surface area contributed by atoms with Gasteiger partial charge in [0.25, 0.3) is 0 Å². The van der Waals surface area contributed by atoms with Gasteiger partial charge in [0.15, 0.2) is 0 Å². The van der Waals surface area contributed by atoms with Gasteiger partial charge in [0, 0.05) is 30.8 Å². The molecule has 2 heterocycles. The van der Waals surface area contributed by atoms with Crippen molar-refractivity contribution in [1.82, 2.24) is 15.0 Å². The van der Waals surface area contributed by atoms with E-state index in [4.69, 9.17) is 4.74 Å². The molecule has 0 spiro atoms. The highest BCUT2D eigenvalue weighted by atomic mass is 16.5. The Bertz CT molecular complexity index is 714. The molecule has 3 aromatic rings. The Hall–Kier alpha value is -2.69. The smallest absolute Gasteiger partial charge is 0.224 e. The molecule has 0 amide bonds. The van der Waals surface area contributed by atoms with Crippen LogP contribution in [0.3, 0.4) is 0 Å². The summed E-state index contributed by atoms with van der Waals surface area (Å²) in [5, 5.41) is 4.02. The molecule has 94 valence electrons. The Labute approximate surface area is 110 Å². The molecular weight excluding hydrogens is 240 g/mol. The molecule has 0 radical (unpaired) electrons. The Morgan fingerprint density at radius 3 is 2.89 bits per heavy atom. The van der Waals surface area contributed by atoms with Crippen LogP contribution in [0, 0.1) is 0 Å². The normalized spacial score (nSPS) is 10.4. The summed E-state index contributed by atoms with van der Waals surface area (Å²) in [7, 11) is 1.80. The van der Waals surface area contributed by atoms with Crippen molar-refractivity contribution >= 4 is 16.7 Å². The minimum Gasteiger partial charge on any atom is -0.439 e. The first kappa shape index (κ1) is 11.4. The second-order valence-electron chi connectivity index (χ2n) is 3.95. The van der Waals surface area contributed by atoms with Crippen LogP contribution in [-0.4, -0.2) is 22.0 Å². The quantitative estimate of drug-likeness (QED) is 0.776. The average Bonchev–Trinajstić information content (AvgIpc) is 2.47. The predicted molar refractivity (Wildman–Crippen MR) is 73.4 cm³/mol. The van der Waals surface area contributed by atoms with Gasteiger partial charge >= 0.3 is 0 Å². The summed E-state index contributed by atoms with van der Waals surface area (Å²) in [6.07, 6.45) is 3.22. The van der Waals surface area contributed by atoms with Gasteiger partial charge in [0.2, 0.25) is 5.88 Å². The van der Waals surface area contributed by atoms with Crippen molar-refractivity contribution < 1.29 is 4.74 Å². The summed E-state index contributed by atoms with van der Waals surface area (Å²) in [6, 6.07) is 11.4. The van der Waals surface area contributed by atoms with Crippen molar-refractivity contribution in [3.8, 4) is 11.6 Å². The zero-order chi connectivity index (χ0) is 13.1. The molecule has 3 rings (SSSR count). The average molecular weight is 252 g/mol. The van der Waals surface area contributed by atoms with Gasteiger partial charge in [-0.1, -0.05) is 6.07 Å². The molecule has 0 saturated carbocycles. The molecule has 0 fully saturated rings. The fourth-order valence-corrected chi connectivity index (χ4v) is 1.76. The van der Waals surface area contributed by atoms with Crippen molar-refractivity contribution in [2.75, 3.05) is 12.4 Å². The van der Waals surface area contributed by atoms with Gasteiger partial charge in [0.1, 0.15) is 17.9 Å². The van der Waals surface area contributed by atoms with Crippen molar-refractivity contribution in [2.45, 2.75) is 0 Å². The van der Waals surface area contributed by atoms with Crippen LogP contribution in [0.25, 0.3) is 10.9 Å². The van der Waals surface area contributed by atoms with Gasteiger partial charge in [-0.05, 0) is 18.2 Å². The van der Waals surface area contributed by atoms with E-state index in [9.17, 15) is 0 Å². The number of pyridine rings is 1. The van der Waals surface area contributed by atoms with E-state index in [1.807, 2.05) is 30.3 Å². The standard InChI is InChI=1S/C14H12N4O/c1-15-13-8-14(18-9-17-13)19-11-5-4-10-3-2-6-16-12(10)7-11/h2-9H,1H3,(H,15,17,18). The largest absolute Gasteiger partial charge is 0.439 e. The molecule has 1 N–H and O–H groups in total. The third kappa shape index (κ3) is 2.44. The lowest BCUT2D eigenvalue weighted by atomic mass is 10.2. The third-order valence-electron chi connectivity index (χ3n) is 2.70. The summed E-state index contributed by atoms with van der Waals surface area (Å²) in [6.45, 7) is 0. The zero-order valence-electron chi connectivity index (χ0n) is 10.4. The van der Waals surface area contributed by atoms with Crippen molar-refractivity contribution in [1.29, 1.82) is 0 Å². The first-order valence-corrected chi connectivity index (χ1v) is 5.87. The van der Waals surface area contributed by atoms with Crippen LogP contribution < -0.4 is 10.1 Å². The second-order valence-corrected chi connectivity index (χ2v) is 3.95. The summed E-state index contributed by atoms with van der Waals surface area (Å²) >= 11 is 0. The first-order valence-electron chi connectivity index (χ1n) is 5.87. The molecule has 19 heavy (non-hydrogen) atoms. The molecule has 0 unspecified atom stereocenters. The number of hydrogen-bond acceptors (Lipinski definition) is 5. The maximum Gasteiger partial charge on any atom is 0.224 e. The van der Waals surface area contributed by atoms with Gasteiger partial charge in [-0.2, -0.15) is 0 Å². The van der Waals surface area contributed by atoms with E-state index in [2.05, 4.69) is 20.3 Å². The zero-order valence-corrected chi connectivity index (χ0v) is 10.4. The van der Waals surface area contributed by atoms with E-state index in [0.29, 0.717) is 17.4 Å². The maximum absolute atomic E-state index is 5.70. The monoisotopic (exact) mass is 252 g/mol. The number of ether oxygens (including phenoxy) is 1. The van der Waals surface area contributed by atoms with Gasteiger partial charge in [-0.25, -0.2) is 9.97 Å². The molecule has 1 aromatic carbocycles. The Morgan fingerprint density at radius 1 is 1.05 bits per heavy atom. The predicted octanol–water partition coefficient (Wildman–Crippen LogP) is 2.86. The highest BCUT2D eigenvalue weighted by Gasteiger charge is 2.02. The molecule has 5 nitrogen and oxygen atoms in total. The lowest BCUT2D eigenvalue weighted by Gasteiger charge is -2.06. The summed E-state index contributed by atoms with van der Waals surface area (Å²) in [5.41, 5.74) is 0.892. The maximum atomic E-state index is 5.70. The van der Waals surface area contributed by atoms with Crippen LogP contribution in [-0.2, 0) is 0 Å². The van der Waals surface area contributed by atoms with Gasteiger partial charge < -0.3 is 10.1 Å². The molecular formula is C14H12N4O. The molecule has 2 aromatic heterocycles. The summed E-state index contributed by atoms with van der Waals surface area (Å²) < 4.78 is 5.70. The molecule has 0 aliphatic heterocycles. The minimum atomic E-state index is 0.495. The van der Waals surface area contributed by atoms with Crippen molar-refractivity contribution in [2.24, 2.45) is 0 Å². The number of fused-ring (bicyclic) bond motifs is 1. The number of benzene rings is 1. The number of aromatic nitrogens is 3. The Kier molecular flexibility index (Phi) is 2.94. The van der Waals surface area contributed by atoms with E-state index in [0.717, 1.165) is 10.9 Å². The van der Waals surface area contributed by atoms with Crippen LogP contribution in [0.15, 0.2) is 48.9 Å². The van der Waals surface area contributed by atoms with E-state index in [1.54, 1.807) is 19.3 Å².